The normalized spacial score (nSPS) is 17.3. The lowest BCUT2D eigenvalue weighted by Crippen LogP contribution is -2.55. The summed E-state index contributed by atoms with van der Waals surface area (Å²) in [6.45, 7) is 3.50. The summed E-state index contributed by atoms with van der Waals surface area (Å²) in [7, 11) is 0. The van der Waals surface area contributed by atoms with Crippen molar-refractivity contribution in [2.24, 2.45) is 0 Å². The zero-order chi connectivity index (χ0) is 30.9. The van der Waals surface area contributed by atoms with Gasteiger partial charge in [-0.05, 0) is 55.8 Å². The van der Waals surface area contributed by atoms with Crippen molar-refractivity contribution in [3.8, 4) is 5.69 Å². The van der Waals surface area contributed by atoms with Crippen molar-refractivity contribution in [1.82, 2.24) is 15.1 Å². The van der Waals surface area contributed by atoms with E-state index < -0.39 is 46.8 Å². The van der Waals surface area contributed by atoms with Gasteiger partial charge in [-0.2, -0.15) is 18.3 Å². The molecule has 2 N–H and O–H groups in total. The lowest BCUT2D eigenvalue weighted by atomic mass is 9.81. The summed E-state index contributed by atoms with van der Waals surface area (Å²) in [5.74, 6) is -2.24. The molecule has 222 valence electrons. The van der Waals surface area contributed by atoms with E-state index in [0.29, 0.717) is 28.3 Å². The van der Waals surface area contributed by atoms with Gasteiger partial charge in [-0.25, -0.2) is 4.68 Å². The zero-order valence-corrected chi connectivity index (χ0v) is 23.9. The fraction of sp³-hybridized carbons (Fsp3) is 0.226. The van der Waals surface area contributed by atoms with Crippen molar-refractivity contribution < 1.29 is 27.6 Å². The summed E-state index contributed by atoms with van der Waals surface area (Å²) in [4.78, 5) is 41.7. The van der Waals surface area contributed by atoms with Crippen molar-refractivity contribution >= 4 is 40.8 Å². The van der Waals surface area contributed by atoms with Crippen LogP contribution in [-0.2, 0) is 15.8 Å². The molecule has 1 aromatic heterocycles. The molecule has 0 saturated carbocycles. The minimum atomic E-state index is -4.66. The molecule has 3 atom stereocenters. The third kappa shape index (κ3) is 5.85. The van der Waals surface area contributed by atoms with Gasteiger partial charge in [0.15, 0.2) is 0 Å². The van der Waals surface area contributed by atoms with Crippen LogP contribution in [0.1, 0.15) is 46.8 Å². The molecule has 43 heavy (non-hydrogen) atoms. The number of halogens is 4. The molecule has 3 aromatic carbocycles. The molecule has 0 aliphatic carbocycles. The number of hydrogen-bond acceptors (Lipinski definition) is 4. The Balaban J connectivity index is 1.66. The summed E-state index contributed by atoms with van der Waals surface area (Å²) in [6, 6.07) is 18.7. The third-order valence-corrected chi connectivity index (χ3v) is 7.40. The maximum atomic E-state index is 14.2. The first kappa shape index (κ1) is 29.8. The molecule has 0 unspecified atom stereocenters. The number of aromatic nitrogens is 2. The predicted molar refractivity (Wildman–Crippen MR) is 157 cm³/mol. The van der Waals surface area contributed by atoms with E-state index in [2.05, 4.69) is 15.7 Å². The van der Waals surface area contributed by atoms with E-state index >= 15 is 0 Å². The van der Waals surface area contributed by atoms with Crippen molar-refractivity contribution in [3.63, 3.8) is 0 Å². The third-order valence-electron chi connectivity index (χ3n) is 7.20. The summed E-state index contributed by atoms with van der Waals surface area (Å²) >= 11 is 6.02. The number of benzene rings is 3. The molecular formula is C31H27ClF3N5O3. The molecule has 0 fully saturated rings. The van der Waals surface area contributed by atoms with Gasteiger partial charge in [0, 0.05) is 29.3 Å². The first-order chi connectivity index (χ1) is 20.5. The fourth-order valence-electron chi connectivity index (χ4n) is 5.17. The Bertz CT molecular complexity index is 1670. The molecule has 1 aliphatic heterocycles. The standard InChI is InChI=1S/C31H27ClF3N5O3/c1-3-39-29-23(17-36-40(29)21-12-5-4-6-13-21)25(22-14-7-8-15-24(22)37-27(41)18(2)32)26(30(39)43)38-28(42)19-10-9-11-20(16-19)31(33,34)35/h4-18,25-26H,3H2,1-2H3,(H,37,41)(H,38,42)/t18-,25+,26-/m1/s1. The van der Waals surface area contributed by atoms with Gasteiger partial charge < -0.3 is 10.6 Å². The van der Waals surface area contributed by atoms with Crippen LogP contribution in [0.5, 0.6) is 0 Å². The second-order valence-corrected chi connectivity index (χ2v) is 10.6. The van der Waals surface area contributed by atoms with Gasteiger partial charge in [-0.15, -0.1) is 11.6 Å². The topological polar surface area (TPSA) is 96.3 Å². The van der Waals surface area contributed by atoms with Crippen molar-refractivity contribution in [1.29, 1.82) is 0 Å². The van der Waals surface area contributed by atoms with Gasteiger partial charge in [-0.3, -0.25) is 19.3 Å². The smallest absolute Gasteiger partial charge is 0.339 e. The number of rotatable bonds is 7. The molecular weight excluding hydrogens is 583 g/mol. The van der Waals surface area contributed by atoms with Crippen molar-refractivity contribution in [3.05, 3.63) is 107 Å². The van der Waals surface area contributed by atoms with Gasteiger partial charge in [0.1, 0.15) is 17.2 Å². The monoisotopic (exact) mass is 609 g/mol. The Labute approximate surface area is 250 Å². The molecule has 0 spiro atoms. The first-order valence-corrected chi connectivity index (χ1v) is 13.9. The maximum absolute atomic E-state index is 14.2. The Morgan fingerprint density at radius 2 is 1.70 bits per heavy atom. The molecule has 3 amide bonds. The van der Waals surface area contributed by atoms with Crippen LogP contribution in [0.3, 0.4) is 0 Å². The number of nitrogens with one attached hydrogen (secondary N) is 2. The highest BCUT2D eigenvalue weighted by Gasteiger charge is 2.45. The van der Waals surface area contributed by atoms with Crippen LogP contribution in [-0.4, -0.2) is 45.5 Å². The molecule has 8 nitrogen and oxygen atoms in total. The van der Waals surface area contributed by atoms with Gasteiger partial charge in [0.2, 0.25) is 5.91 Å². The van der Waals surface area contributed by atoms with Crippen molar-refractivity contribution in [2.45, 2.75) is 37.4 Å². The molecule has 4 aromatic rings. The number of para-hydroxylation sites is 2. The Morgan fingerprint density at radius 1 is 1.00 bits per heavy atom. The second-order valence-electron chi connectivity index (χ2n) is 9.95. The maximum Gasteiger partial charge on any atom is 0.416 e. The molecule has 5 rings (SSSR count). The number of fused-ring (bicyclic) bond motifs is 1. The van der Waals surface area contributed by atoms with E-state index in [1.54, 1.807) is 42.1 Å². The number of hydrogen-bond donors (Lipinski definition) is 2. The highest BCUT2D eigenvalue weighted by Crippen LogP contribution is 2.43. The zero-order valence-electron chi connectivity index (χ0n) is 23.1. The van der Waals surface area contributed by atoms with Crippen LogP contribution >= 0.6 is 11.6 Å². The average Bonchev–Trinajstić information content (AvgIpc) is 3.42. The highest BCUT2D eigenvalue weighted by molar-refractivity contribution is 6.32. The van der Waals surface area contributed by atoms with E-state index in [9.17, 15) is 27.6 Å². The fourth-order valence-corrected chi connectivity index (χ4v) is 5.22. The van der Waals surface area contributed by atoms with Crippen LogP contribution < -0.4 is 15.5 Å². The number of carbonyl (C=O) groups is 3. The number of likely N-dealkylation sites (N-methyl/N-ethyl adjacent to an activating group) is 1. The lowest BCUT2D eigenvalue weighted by Gasteiger charge is -2.38. The van der Waals surface area contributed by atoms with Crippen LogP contribution in [0.25, 0.3) is 5.69 Å². The molecule has 1 aliphatic rings. The highest BCUT2D eigenvalue weighted by atomic mass is 35.5. The Kier molecular flexibility index (Phi) is 8.27. The molecule has 0 radical (unpaired) electrons. The summed E-state index contributed by atoms with van der Waals surface area (Å²) in [6.07, 6.45) is -3.07. The van der Waals surface area contributed by atoms with E-state index in [1.165, 1.54) is 17.9 Å². The summed E-state index contributed by atoms with van der Waals surface area (Å²) in [5.41, 5.74) is 0.863. The summed E-state index contributed by atoms with van der Waals surface area (Å²) < 4.78 is 41.8. The molecule has 2 heterocycles. The Hall–Kier alpha value is -4.64. The second kappa shape index (κ2) is 11.9. The van der Waals surface area contributed by atoms with E-state index in [-0.39, 0.29) is 12.1 Å². The summed E-state index contributed by atoms with van der Waals surface area (Å²) in [5, 5.41) is 9.21. The average molecular weight is 610 g/mol. The van der Waals surface area contributed by atoms with E-state index in [0.717, 1.165) is 18.2 Å². The minimum absolute atomic E-state index is 0.217. The number of amides is 3. The van der Waals surface area contributed by atoms with Gasteiger partial charge in [0.05, 0.1) is 17.4 Å². The van der Waals surface area contributed by atoms with Gasteiger partial charge in [0.25, 0.3) is 11.8 Å². The van der Waals surface area contributed by atoms with Crippen LogP contribution in [0, 0.1) is 0 Å². The SMILES string of the molecule is CCN1C(=O)[C@H](NC(=O)c2cccc(C(F)(F)F)c2)[C@@H](c2ccccc2NC(=O)[C@@H](C)Cl)c2cnn(-c3ccccc3)c21. The largest absolute Gasteiger partial charge is 0.416 e. The van der Waals surface area contributed by atoms with Crippen LogP contribution in [0.15, 0.2) is 85.1 Å². The molecule has 0 bridgehead atoms. The van der Waals surface area contributed by atoms with E-state index in [1.807, 2.05) is 30.3 Å². The number of alkyl halides is 4. The quantitative estimate of drug-likeness (QED) is 0.261. The number of carbonyl (C=O) groups excluding carboxylic acids is 3. The van der Waals surface area contributed by atoms with Gasteiger partial charge >= 0.3 is 6.18 Å². The van der Waals surface area contributed by atoms with Crippen LogP contribution in [0.2, 0.25) is 0 Å². The molecule has 12 heteroatoms. The predicted octanol–water partition coefficient (Wildman–Crippen LogP) is 5.75. The molecule has 0 saturated heterocycles. The van der Waals surface area contributed by atoms with Crippen LogP contribution in [0.4, 0.5) is 24.7 Å². The van der Waals surface area contributed by atoms with Gasteiger partial charge in [-0.1, -0.05) is 42.5 Å². The van der Waals surface area contributed by atoms with Crippen molar-refractivity contribution in [2.75, 3.05) is 16.8 Å². The Morgan fingerprint density at radius 3 is 2.37 bits per heavy atom. The number of anilines is 2. The lowest BCUT2D eigenvalue weighted by molar-refractivity contribution is -0.137. The first-order valence-electron chi connectivity index (χ1n) is 13.5. The number of nitrogens with zero attached hydrogens (tertiary/aromatic N) is 3. The minimum Gasteiger partial charge on any atom is -0.339 e. The van der Waals surface area contributed by atoms with E-state index in [4.69, 9.17) is 11.6 Å².